The van der Waals surface area contributed by atoms with Crippen LogP contribution < -0.4 is 5.32 Å². The van der Waals surface area contributed by atoms with Crippen LogP contribution in [0.5, 0.6) is 0 Å². The van der Waals surface area contributed by atoms with Gasteiger partial charge in [-0.05, 0) is 31.6 Å². The Balaban J connectivity index is 2.78. The van der Waals surface area contributed by atoms with Crippen molar-refractivity contribution in [1.29, 1.82) is 0 Å². The highest BCUT2D eigenvalue weighted by atomic mass is 16.1. The molecule has 0 aromatic heterocycles. The molecule has 2 atom stereocenters. The van der Waals surface area contributed by atoms with Gasteiger partial charge in [-0.2, -0.15) is 0 Å². The van der Waals surface area contributed by atoms with E-state index < -0.39 is 0 Å². The van der Waals surface area contributed by atoms with Gasteiger partial charge in [0.05, 0.1) is 5.92 Å². The molecule has 2 nitrogen and oxygen atoms in total. The normalized spacial score (nSPS) is 26.3. The monoisotopic (exact) mass is 209 g/mol. The van der Waals surface area contributed by atoms with E-state index in [1.54, 1.807) is 0 Å². The number of amides is 1. The first kappa shape index (κ1) is 12.3. The second-order valence-corrected chi connectivity index (χ2v) is 4.88. The van der Waals surface area contributed by atoms with Crippen molar-refractivity contribution in [2.45, 2.75) is 40.5 Å². The van der Waals surface area contributed by atoms with Gasteiger partial charge in [-0.25, -0.2) is 0 Å². The summed E-state index contributed by atoms with van der Waals surface area (Å²) in [6.45, 7) is 9.28. The highest BCUT2D eigenvalue weighted by molar-refractivity contribution is 5.81. The van der Waals surface area contributed by atoms with Crippen LogP contribution in [0, 0.1) is 17.8 Å². The molecule has 2 unspecified atom stereocenters. The van der Waals surface area contributed by atoms with Crippen molar-refractivity contribution in [2.24, 2.45) is 17.8 Å². The Morgan fingerprint density at radius 1 is 1.60 bits per heavy atom. The van der Waals surface area contributed by atoms with Gasteiger partial charge in [0.1, 0.15) is 0 Å². The molecule has 1 amide bonds. The Labute approximate surface area is 93.1 Å². The van der Waals surface area contributed by atoms with Gasteiger partial charge in [0.25, 0.3) is 0 Å². The molecule has 0 aromatic rings. The Morgan fingerprint density at radius 2 is 2.27 bits per heavy atom. The topological polar surface area (TPSA) is 29.1 Å². The van der Waals surface area contributed by atoms with Gasteiger partial charge in [-0.15, -0.1) is 0 Å². The molecule has 15 heavy (non-hydrogen) atoms. The lowest BCUT2D eigenvalue weighted by atomic mass is 9.77. The zero-order valence-electron chi connectivity index (χ0n) is 10.3. The quantitative estimate of drug-likeness (QED) is 0.711. The molecule has 0 fully saturated rings. The molecule has 0 aliphatic heterocycles. The van der Waals surface area contributed by atoms with Gasteiger partial charge in [0.2, 0.25) is 5.91 Å². The number of allylic oxidation sites excluding steroid dienone is 1. The lowest BCUT2D eigenvalue weighted by Crippen LogP contribution is -2.35. The average molecular weight is 209 g/mol. The fourth-order valence-corrected chi connectivity index (χ4v) is 2.31. The number of hydrogen-bond donors (Lipinski definition) is 1. The van der Waals surface area contributed by atoms with Gasteiger partial charge < -0.3 is 5.32 Å². The Hall–Kier alpha value is -0.790. The van der Waals surface area contributed by atoms with E-state index in [2.05, 4.69) is 32.2 Å². The van der Waals surface area contributed by atoms with Crippen LogP contribution in [-0.4, -0.2) is 12.5 Å². The van der Waals surface area contributed by atoms with Crippen molar-refractivity contribution in [3.63, 3.8) is 0 Å². The van der Waals surface area contributed by atoms with E-state index in [9.17, 15) is 4.79 Å². The van der Waals surface area contributed by atoms with Gasteiger partial charge >= 0.3 is 0 Å². The molecule has 2 heteroatoms. The molecule has 0 saturated heterocycles. The molecule has 0 saturated carbocycles. The fourth-order valence-electron chi connectivity index (χ4n) is 2.31. The van der Waals surface area contributed by atoms with Crippen molar-refractivity contribution in [3.8, 4) is 0 Å². The third-order valence-corrected chi connectivity index (χ3v) is 3.13. The lowest BCUT2D eigenvalue weighted by Gasteiger charge is -2.29. The predicted molar refractivity (Wildman–Crippen MR) is 63.5 cm³/mol. The van der Waals surface area contributed by atoms with E-state index in [0.717, 1.165) is 19.4 Å². The number of carbonyl (C=O) groups is 1. The van der Waals surface area contributed by atoms with Crippen LogP contribution in [-0.2, 0) is 4.79 Å². The average Bonchev–Trinajstić information content (AvgIpc) is 2.17. The number of hydrogen-bond acceptors (Lipinski definition) is 1. The van der Waals surface area contributed by atoms with Gasteiger partial charge in [0.15, 0.2) is 0 Å². The number of rotatable bonds is 3. The maximum Gasteiger partial charge on any atom is 0.227 e. The molecule has 1 N–H and O–H groups in total. The smallest absolute Gasteiger partial charge is 0.227 e. The van der Waals surface area contributed by atoms with Gasteiger partial charge in [0, 0.05) is 6.54 Å². The van der Waals surface area contributed by atoms with E-state index >= 15 is 0 Å². The van der Waals surface area contributed by atoms with Crippen molar-refractivity contribution in [2.75, 3.05) is 6.54 Å². The minimum Gasteiger partial charge on any atom is -0.356 e. The second-order valence-electron chi connectivity index (χ2n) is 4.88. The summed E-state index contributed by atoms with van der Waals surface area (Å²) >= 11 is 0. The van der Waals surface area contributed by atoms with Crippen LogP contribution in [0.3, 0.4) is 0 Å². The van der Waals surface area contributed by atoms with Crippen LogP contribution in [0.2, 0.25) is 0 Å². The van der Waals surface area contributed by atoms with Gasteiger partial charge in [-0.3, -0.25) is 4.79 Å². The molecule has 86 valence electrons. The molecule has 0 radical (unpaired) electrons. The SMILES string of the molecule is CCNC(=O)C1CC(C)CC=C1C(C)C. The third kappa shape index (κ3) is 3.08. The molecule has 1 aliphatic carbocycles. The molecule has 1 rings (SSSR count). The van der Waals surface area contributed by atoms with Crippen LogP contribution in [0.4, 0.5) is 0 Å². The van der Waals surface area contributed by atoms with E-state index in [1.165, 1.54) is 5.57 Å². The van der Waals surface area contributed by atoms with Crippen LogP contribution in [0.25, 0.3) is 0 Å². The number of carbonyl (C=O) groups excluding carboxylic acids is 1. The summed E-state index contributed by atoms with van der Waals surface area (Å²) in [7, 11) is 0. The molecule has 0 spiro atoms. The Morgan fingerprint density at radius 3 is 2.80 bits per heavy atom. The van der Waals surface area contributed by atoms with Crippen molar-refractivity contribution < 1.29 is 4.79 Å². The zero-order chi connectivity index (χ0) is 11.4. The molecular formula is C13H23NO. The summed E-state index contributed by atoms with van der Waals surface area (Å²) < 4.78 is 0. The number of nitrogens with one attached hydrogen (secondary N) is 1. The van der Waals surface area contributed by atoms with Crippen molar-refractivity contribution in [3.05, 3.63) is 11.6 Å². The third-order valence-electron chi connectivity index (χ3n) is 3.13. The maximum absolute atomic E-state index is 11.9. The van der Waals surface area contributed by atoms with Crippen molar-refractivity contribution >= 4 is 5.91 Å². The lowest BCUT2D eigenvalue weighted by molar-refractivity contribution is -0.124. The Kier molecular flexibility index (Phi) is 4.37. The highest BCUT2D eigenvalue weighted by Gasteiger charge is 2.28. The summed E-state index contributed by atoms with van der Waals surface area (Å²) in [5.74, 6) is 1.46. The van der Waals surface area contributed by atoms with E-state index in [0.29, 0.717) is 11.8 Å². The zero-order valence-corrected chi connectivity index (χ0v) is 10.3. The minimum atomic E-state index is 0.119. The minimum absolute atomic E-state index is 0.119. The summed E-state index contributed by atoms with van der Waals surface area (Å²) in [4.78, 5) is 11.9. The molecule has 0 heterocycles. The van der Waals surface area contributed by atoms with Crippen LogP contribution >= 0.6 is 0 Å². The van der Waals surface area contributed by atoms with E-state index in [1.807, 2.05) is 6.92 Å². The fraction of sp³-hybridized carbons (Fsp3) is 0.769. The highest BCUT2D eigenvalue weighted by Crippen LogP contribution is 2.33. The summed E-state index contributed by atoms with van der Waals surface area (Å²) in [5, 5.41) is 2.94. The molecule has 1 aliphatic rings. The first-order valence-electron chi connectivity index (χ1n) is 6.03. The van der Waals surface area contributed by atoms with E-state index in [-0.39, 0.29) is 11.8 Å². The van der Waals surface area contributed by atoms with Crippen molar-refractivity contribution in [1.82, 2.24) is 5.32 Å². The van der Waals surface area contributed by atoms with Crippen LogP contribution in [0.15, 0.2) is 11.6 Å². The second kappa shape index (κ2) is 5.34. The first-order valence-corrected chi connectivity index (χ1v) is 6.03. The summed E-state index contributed by atoms with van der Waals surface area (Å²) in [6.07, 6.45) is 4.41. The van der Waals surface area contributed by atoms with Gasteiger partial charge in [-0.1, -0.05) is 32.4 Å². The largest absolute Gasteiger partial charge is 0.356 e. The predicted octanol–water partition coefficient (Wildman–Crippen LogP) is 2.75. The molecular weight excluding hydrogens is 186 g/mol. The molecule has 0 bridgehead atoms. The van der Waals surface area contributed by atoms with Crippen LogP contribution in [0.1, 0.15) is 40.5 Å². The summed E-state index contributed by atoms with van der Waals surface area (Å²) in [6, 6.07) is 0. The maximum atomic E-state index is 11.9. The first-order chi connectivity index (χ1) is 7.06. The molecule has 0 aromatic carbocycles. The summed E-state index contributed by atoms with van der Waals surface area (Å²) in [5.41, 5.74) is 1.33. The van der Waals surface area contributed by atoms with E-state index in [4.69, 9.17) is 0 Å². The standard InChI is InChI=1S/C13H23NO/c1-5-14-13(15)12-8-10(4)6-7-11(12)9(2)3/h7,9-10,12H,5-6,8H2,1-4H3,(H,14,15). The Bertz CT molecular complexity index is 255.